The molecule has 6 aromatic rings. The molecule has 0 spiro atoms. The zero-order valence-electron chi connectivity index (χ0n) is 15.4. The van der Waals surface area contributed by atoms with E-state index in [1.54, 1.807) is 36.9 Å². The maximum atomic E-state index is 5.45. The Labute approximate surface area is 169 Å². The maximum absolute atomic E-state index is 5.45. The van der Waals surface area contributed by atoms with E-state index in [0.717, 1.165) is 10.1 Å². The largest absolute Gasteiger partial charge is 0.487 e. The van der Waals surface area contributed by atoms with E-state index in [4.69, 9.17) is 9.47 Å². The third kappa shape index (κ3) is 2.13. The molecule has 0 saturated carbocycles. The SMILES string of the molecule is COc1cc2ccc3c4ccc5c(ccc6cc(OC)sc65)c4ccc3c2s1. The predicted octanol–water partition coefficient (Wildman–Crippen LogP) is 7.59. The molecule has 4 aromatic carbocycles. The lowest BCUT2D eigenvalue weighted by atomic mass is 9.96. The van der Waals surface area contributed by atoms with Gasteiger partial charge >= 0.3 is 0 Å². The van der Waals surface area contributed by atoms with Gasteiger partial charge in [0.15, 0.2) is 10.1 Å². The van der Waals surface area contributed by atoms with E-state index < -0.39 is 0 Å². The smallest absolute Gasteiger partial charge is 0.174 e. The number of rotatable bonds is 2. The minimum absolute atomic E-state index is 0.954. The molecule has 4 heteroatoms. The van der Waals surface area contributed by atoms with Crippen LogP contribution in [0.15, 0.2) is 60.7 Å². The van der Waals surface area contributed by atoms with Crippen LogP contribution in [0.3, 0.4) is 0 Å². The van der Waals surface area contributed by atoms with E-state index in [1.807, 2.05) is 0 Å². The summed E-state index contributed by atoms with van der Waals surface area (Å²) in [5.41, 5.74) is 0. The molecule has 0 bridgehead atoms. The van der Waals surface area contributed by atoms with E-state index in [0.29, 0.717) is 0 Å². The standard InChI is InChI=1S/C24H16O2S2/c1-25-21-11-13-3-5-17-15-8-10-20-18(16(15)7-9-19(17)23(13)27-21)6-4-14-12-22(26-2)28-24(14)20/h3-12H,1-2H3. The summed E-state index contributed by atoms with van der Waals surface area (Å²) in [4.78, 5) is 0. The topological polar surface area (TPSA) is 18.5 Å². The summed E-state index contributed by atoms with van der Waals surface area (Å²) >= 11 is 3.42. The van der Waals surface area contributed by atoms with Crippen molar-refractivity contribution in [1.29, 1.82) is 0 Å². The van der Waals surface area contributed by atoms with Gasteiger partial charge in [-0.25, -0.2) is 0 Å². The van der Waals surface area contributed by atoms with Crippen molar-refractivity contribution in [2.75, 3.05) is 14.2 Å². The maximum Gasteiger partial charge on any atom is 0.174 e. The molecule has 0 aliphatic rings. The molecule has 28 heavy (non-hydrogen) atoms. The number of fused-ring (bicyclic) bond motifs is 9. The quantitative estimate of drug-likeness (QED) is 0.279. The molecule has 0 aliphatic carbocycles. The van der Waals surface area contributed by atoms with Crippen LogP contribution in [0.25, 0.3) is 52.5 Å². The van der Waals surface area contributed by atoms with Gasteiger partial charge in [0.1, 0.15) is 0 Å². The van der Waals surface area contributed by atoms with Crippen LogP contribution >= 0.6 is 22.7 Å². The van der Waals surface area contributed by atoms with Crippen LogP contribution in [0.2, 0.25) is 0 Å². The molecule has 2 nitrogen and oxygen atoms in total. The highest BCUT2D eigenvalue weighted by molar-refractivity contribution is 7.22. The summed E-state index contributed by atoms with van der Waals surface area (Å²) < 4.78 is 13.5. The number of thiophene rings is 2. The molecule has 0 aliphatic heterocycles. The molecule has 2 heterocycles. The van der Waals surface area contributed by atoms with Crippen LogP contribution in [-0.4, -0.2) is 14.2 Å². The van der Waals surface area contributed by atoms with Crippen molar-refractivity contribution in [3.63, 3.8) is 0 Å². The Kier molecular flexibility index (Phi) is 3.37. The Morgan fingerprint density at radius 3 is 1.29 bits per heavy atom. The molecule has 0 amide bonds. The van der Waals surface area contributed by atoms with Gasteiger partial charge in [-0.05, 0) is 44.5 Å². The summed E-state index contributed by atoms with van der Waals surface area (Å²) in [5, 5.41) is 12.1. The lowest BCUT2D eigenvalue weighted by Gasteiger charge is -2.09. The average molecular weight is 401 g/mol. The molecular weight excluding hydrogens is 384 g/mol. The van der Waals surface area contributed by atoms with Crippen molar-refractivity contribution in [2.24, 2.45) is 0 Å². The average Bonchev–Trinajstić information content (AvgIpc) is 3.36. The molecule has 0 radical (unpaired) electrons. The van der Waals surface area contributed by atoms with Crippen LogP contribution in [-0.2, 0) is 0 Å². The Hall–Kier alpha value is -2.82. The van der Waals surface area contributed by atoms with Crippen molar-refractivity contribution in [2.45, 2.75) is 0 Å². The molecule has 0 saturated heterocycles. The van der Waals surface area contributed by atoms with Gasteiger partial charge in [0.05, 0.1) is 14.2 Å². The predicted molar refractivity (Wildman–Crippen MR) is 123 cm³/mol. The molecule has 0 fully saturated rings. The van der Waals surface area contributed by atoms with Gasteiger partial charge in [0.2, 0.25) is 0 Å². The number of ether oxygens (including phenoxy) is 2. The Bertz CT molecular complexity index is 1420. The lowest BCUT2D eigenvalue weighted by Crippen LogP contribution is -1.81. The third-order valence-corrected chi connectivity index (χ3v) is 7.80. The first-order valence-electron chi connectivity index (χ1n) is 9.09. The lowest BCUT2D eigenvalue weighted by molar-refractivity contribution is 0.427. The Morgan fingerprint density at radius 2 is 0.857 bits per heavy atom. The zero-order chi connectivity index (χ0) is 18.8. The molecule has 6 rings (SSSR count). The van der Waals surface area contributed by atoms with E-state index in [1.165, 1.54) is 52.5 Å². The first kappa shape index (κ1) is 16.2. The van der Waals surface area contributed by atoms with E-state index >= 15 is 0 Å². The van der Waals surface area contributed by atoms with Crippen LogP contribution < -0.4 is 9.47 Å². The van der Waals surface area contributed by atoms with Crippen LogP contribution in [0.1, 0.15) is 0 Å². The van der Waals surface area contributed by atoms with Gasteiger partial charge in [-0.3, -0.25) is 0 Å². The summed E-state index contributed by atoms with van der Waals surface area (Å²) in [6, 6.07) is 22.2. The third-order valence-electron chi connectivity index (χ3n) is 5.51. The van der Waals surface area contributed by atoms with Gasteiger partial charge in [-0.1, -0.05) is 71.2 Å². The fourth-order valence-corrected chi connectivity index (χ4v) is 6.19. The highest BCUT2D eigenvalue weighted by Crippen LogP contribution is 2.42. The second-order valence-corrected chi connectivity index (χ2v) is 8.95. The summed E-state index contributed by atoms with van der Waals surface area (Å²) in [6.07, 6.45) is 0. The Morgan fingerprint density at radius 1 is 0.500 bits per heavy atom. The monoisotopic (exact) mass is 400 g/mol. The number of methoxy groups -OCH3 is 2. The molecule has 0 unspecified atom stereocenters. The number of hydrogen-bond donors (Lipinski definition) is 0. The van der Waals surface area contributed by atoms with E-state index in [-0.39, 0.29) is 0 Å². The second-order valence-electron chi connectivity index (χ2n) is 6.92. The van der Waals surface area contributed by atoms with Gasteiger partial charge in [0, 0.05) is 20.2 Å². The molecule has 0 N–H and O–H groups in total. The molecule has 136 valence electrons. The van der Waals surface area contributed by atoms with Gasteiger partial charge in [-0.15, -0.1) is 0 Å². The van der Waals surface area contributed by atoms with Crippen molar-refractivity contribution in [1.82, 2.24) is 0 Å². The zero-order valence-corrected chi connectivity index (χ0v) is 17.0. The molecular formula is C24H16O2S2. The van der Waals surface area contributed by atoms with Crippen molar-refractivity contribution in [3.8, 4) is 10.1 Å². The highest BCUT2D eigenvalue weighted by atomic mass is 32.1. The fourth-order valence-electron chi connectivity index (χ4n) is 4.19. The van der Waals surface area contributed by atoms with Crippen LogP contribution in [0.5, 0.6) is 10.1 Å². The van der Waals surface area contributed by atoms with E-state index in [2.05, 4.69) is 60.7 Å². The first-order valence-corrected chi connectivity index (χ1v) is 10.7. The molecule has 0 atom stereocenters. The first-order chi connectivity index (χ1) is 13.8. The van der Waals surface area contributed by atoms with Crippen LogP contribution in [0.4, 0.5) is 0 Å². The summed E-state index contributed by atoms with van der Waals surface area (Å²) in [7, 11) is 3.46. The summed E-state index contributed by atoms with van der Waals surface area (Å²) in [5.74, 6) is 0. The van der Waals surface area contributed by atoms with Crippen molar-refractivity contribution < 1.29 is 9.47 Å². The van der Waals surface area contributed by atoms with E-state index in [9.17, 15) is 0 Å². The molecule has 2 aromatic heterocycles. The minimum atomic E-state index is 0.954. The van der Waals surface area contributed by atoms with Crippen molar-refractivity contribution in [3.05, 3.63) is 60.7 Å². The fraction of sp³-hybridized carbons (Fsp3) is 0.0833. The normalized spacial score (nSPS) is 11.9. The minimum Gasteiger partial charge on any atom is -0.487 e. The van der Waals surface area contributed by atoms with Crippen molar-refractivity contribution >= 4 is 75.2 Å². The van der Waals surface area contributed by atoms with Gasteiger partial charge in [0.25, 0.3) is 0 Å². The number of benzene rings is 4. The van der Waals surface area contributed by atoms with Gasteiger partial charge < -0.3 is 9.47 Å². The number of hydrogen-bond acceptors (Lipinski definition) is 4. The highest BCUT2D eigenvalue weighted by Gasteiger charge is 2.12. The Balaban J connectivity index is 1.73. The summed E-state index contributed by atoms with van der Waals surface area (Å²) in [6.45, 7) is 0. The van der Waals surface area contributed by atoms with Crippen LogP contribution in [0, 0.1) is 0 Å². The second kappa shape index (κ2) is 5.84. The van der Waals surface area contributed by atoms with Gasteiger partial charge in [-0.2, -0.15) is 0 Å².